The minimum atomic E-state index is 0.144. The van der Waals surface area contributed by atoms with E-state index >= 15 is 0 Å². The van der Waals surface area contributed by atoms with Gasteiger partial charge in [-0.3, -0.25) is 4.79 Å². The standard InChI is InChI=1S/C20H24N4O/c1-2-16-20(15-8-5-13(11-21)10-17(15)23-16)18-4-3-9-24(18)19(25)12-22-14-6-7-14/h5,8,10,14,18,22-23H,2-4,6-7,9,12H2,1H3/t18-/m0/s1. The highest BCUT2D eigenvalue weighted by Crippen LogP contribution is 2.38. The van der Waals surface area contributed by atoms with Crippen LogP contribution in [0.4, 0.5) is 0 Å². The Labute approximate surface area is 148 Å². The number of nitriles is 1. The summed E-state index contributed by atoms with van der Waals surface area (Å²) in [5, 5.41) is 13.6. The van der Waals surface area contributed by atoms with Crippen molar-refractivity contribution in [1.29, 1.82) is 5.26 Å². The lowest BCUT2D eigenvalue weighted by atomic mass is 9.98. The molecule has 1 saturated heterocycles. The summed E-state index contributed by atoms with van der Waals surface area (Å²) in [7, 11) is 0. The van der Waals surface area contributed by atoms with Crippen LogP contribution in [0, 0.1) is 11.3 Å². The fourth-order valence-electron chi connectivity index (χ4n) is 3.99. The van der Waals surface area contributed by atoms with E-state index in [9.17, 15) is 4.79 Å². The van der Waals surface area contributed by atoms with Gasteiger partial charge in [0.05, 0.1) is 24.2 Å². The van der Waals surface area contributed by atoms with E-state index in [2.05, 4.69) is 28.2 Å². The number of hydrogen-bond acceptors (Lipinski definition) is 3. The van der Waals surface area contributed by atoms with Gasteiger partial charge in [-0.05, 0) is 44.2 Å². The Morgan fingerprint density at radius 1 is 1.40 bits per heavy atom. The van der Waals surface area contributed by atoms with E-state index in [0.29, 0.717) is 18.2 Å². The molecule has 1 aromatic heterocycles. The van der Waals surface area contributed by atoms with Crippen molar-refractivity contribution in [2.75, 3.05) is 13.1 Å². The Morgan fingerprint density at radius 3 is 2.96 bits per heavy atom. The summed E-state index contributed by atoms with van der Waals surface area (Å²) in [6, 6.07) is 8.71. The van der Waals surface area contributed by atoms with Gasteiger partial charge in [-0.1, -0.05) is 13.0 Å². The number of aryl methyl sites for hydroxylation is 1. The average Bonchev–Trinajstić information content (AvgIpc) is 3.21. The van der Waals surface area contributed by atoms with Crippen LogP contribution in [0.1, 0.15) is 55.5 Å². The van der Waals surface area contributed by atoms with Crippen LogP contribution in [-0.4, -0.2) is 34.9 Å². The molecule has 2 aromatic rings. The van der Waals surface area contributed by atoms with E-state index in [4.69, 9.17) is 5.26 Å². The van der Waals surface area contributed by atoms with Crippen LogP contribution in [0.25, 0.3) is 10.9 Å². The number of hydrogen-bond donors (Lipinski definition) is 2. The van der Waals surface area contributed by atoms with Gasteiger partial charge >= 0.3 is 0 Å². The Bertz CT molecular complexity index is 843. The van der Waals surface area contributed by atoms with Crippen molar-refractivity contribution < 1.29 is 4.79 Å². The molecule has 1 aliphatic heterocycles. The van der Waals surface area contributed by atoms with Gasteiger partial charge in [0.2, 0.25) is 5.91 Å². The van der Waals surface area contributed by atoms with E-state index in [1.807, 2.05) is 18.2 Å². The molecule has 1 aromatic carbocycles. The first-order chi connectivity index (χ1) is 12.2. The molecule has 0 unspecified atom stereocenters. The lowest BCUT2D eigenvalue weighted by Gasteiger charge is -2.26. The van der Waals surface area contributed by atoms with Gasteiger partial charge < -0.3 is 15.2 Å². The maximum atomic E-state index is 12.7. The predicted octanol–water partition coefficient (Wildman–Crippen LogP) is 3.02. The molecule has 2 heterocycles. The van der Waals surface area contributed by atoms with Gasteiger partial charge in [-0.25, -0.2) is 0 Å². The maximum absolute atomic E-state index is 12.7. The number of nitrogens with one attached hydrogen (secondary N) is 2. The third-order valence-electron chi connectivity index (χ3n) is 5.43. The number of carbonyl (C=O) groups excluding carboxylic acids is 1. The number of amides is 1. The van der Waals surface area contributed by atoms with Crippen LogP contribution in [-0.2, 0) is 11.2 Å². The monoisotopic (exact) mass is 336 g/mol. The number of likely N-dealkylation sites (tertiary alicyclic amines) is 1. The second kappa shape index (κ2) is 6.53. The number of fused-ring (bicyclic) bond motifs is 1. The van der Waals surface area contributed by atoms with Gasteiger partial charge in [0.15, 0.2) is 0 Å². The Balaban J connectivity index is 1.66. The van der Waals surface area contributed by atoms with Gasteiger partial charge in [0.25, 0.3) is 0 Å². The van der Waals surface area contributed by atoms with Crippen molar-refractivity contribution in [2.24, 2.45) is 0 Å². The highest BCUT2D eigenvalue weighted by atomic mass is 16.2. The smallest absolute Gasteiger partial charge is 0.237 e. The Hall–Kier alpha value is -2.32. The molecule has 2 aliphatic rings. The largest absolute Gasteiger partial charge is 0.358 e. The predicted molar refractivity (Wildman–Crippen MR) is 97.1 cm³/mol. The number of aromatic amines is 1. The summed E-state index contributed by atoms with van der Waals surface area (Å²) in [6.45, 7) is 3.42. The van der Waals surface area contributed by atoms with Crippen molar-refractivity contribution in [2.45, 2.75) is 51.1 Å². The first-order valence-electron chi connectivity index (χ1n) is 9.28. The van der Waals surface area contributed by atoms with Gasteiger partial charge in [-0.2, -0.15) is 5.26 Å². The van der Waals surface area contributed by atoms with Gasteiger partial charge in [-0.15, -0.1) is 0 Å². The summed E-state index contributed by atoms with van der Waals surface area (Å²) >= 11 is 0. The fraction of sp³-hybridized carbons (Fsp3) is 0.500. The zero-order valence-electron chi connectivity index (χ0n) is 14.6. The number of benzene rings is 1. The minimum Gasteiger partial charge on any atom is -0.358 e. The lowest BCUT2D eigenvalue weighted by Crippen LogP contribution is -2.38. The molecule has 1 saturated carbocycles. The molecule has 25 heavy (non-hydrogen) atoms. The Morgan fingerprint density at radius 2 is 2.24 bits per heavy atom. The molecule has 0 spiro atoms. The molecular formula is C20H24N4O. The molecule has 4 rings (SSSR count). The molecular weight excluding hydrogens is 312 g/mol. The number of carbonyl (C=O) groups is 1. The van der Waals surface area contributed by atoms with E-state index in [1.165, 1.54) is 24.1 Å². The number of H-pyrrole nitrogens is 1. The molecule has 2 fully saturated rings. The molecule has 1 atom stereocenters. The van der Waals surface area contributed by atoms with Gasteiger partial charge in [0, 0.05) is 34.7 Å². The molecule has 0 radical (unpaired) electrons. The van der Waals surface area contributed by atoms with E-state index in [-0.39, 0.29) is 11.9 Å². The van der Waals surface area contributed by atoms with Crippen LogP contribution in [0.3, 0.4) is 0 Å². The van der Waals surface area contributed by atoms with Crippen molar-refractivity contribution >= 4 is 16.8 Å². The van der Waals surface area contributed by atoms with Crippen LogP contribution in [0.15, 0.2) is 18.2 Å². The van der Waals surface area contributed by atoms with E-state index in [1.54, 1.807) is 0 Å². The van der Waals surface area contributed by atoms with Crippen molar-refractivity contribution in [3.8, 4) is 6.07 Å². The molecule has 5 nitrogen and oxygen atoms in total. The highest BCUT2D eigenvalue weighted by molar-refractivity contribution is 5.87. The zero-order valence-corrected chi connectivity index (χ0v) is 14.6. The third-order valence-corrected chi connectivity index (χ3v) is 5.43. The quantitative estimate of drug-likeness (QED) is 0.881. The molecule has 5 heteroatoms. The first-order valence-corrected chi connectivity index (χ1v) is 9.28. The molecule has 1 amide bonds. The number of aromatic nitrogens is 1. The minimum absolute atomic E-state index is 0.144. The van der Waals surface area contributed by atoms with Crippen molar-refractivity contribution in [3.05, 3.63) is 35.0 Å². The van der Waals surface area contributed by atoms with E-state index < -0.39 is 0 Å². The third kappa shape index (κ3) is 3.03. The topological polar surface area (TPSA) is 71.9 Å². The van der Waals surface area contributed by atoms with E-state index in [0.717, 1.165) is 36.7 Å². The first kappa shape index (κ1) is 16.2. The highest BCUT2D eigenvalue weighted by Gasteiger charge is 2.33. The summed E-state index contributed by atoms with van der Waals surface area (Å²) in [5.41, 5.74) is 4.10. The SMILES string of the molecule is CCc1[nH]c2cc(C#N)ccc2c1[C@@H]1CCCN1C(=O)CNC1CC1. The summed E-state index contributed by atoms with van der Waals surface area (Å²) in [4.78, 5) is 18.3. The van der Waals surface area contributed by atoms with Crippen molar-refractivity contribution in [1.82, 2.24) is 15.2 Å². The molecule has 130 valence electrons. The molecule has 1 aliphatic carbocycles. The summed E-state index contributed by atoms with van der Waals surface area (Å²) in [6.07, 6.45) is 5.34. The molecule has 0 bridgehead atoms. The van der Waals surface area contributed by atoms with Crippen LogP contribution >= 0.6 is 0 Å². The summed E-state index contributed by atoms with van der Waals surface area (Å²) < 4.78 is 0. The second-order valence-electron chi connectivity index (χ2n) is 7.14. The summed E-state index contributed by atoms with van der Waals surface area (Å²) in [5.74, 6) is 0.208. The van der Waals surface area contributed by atoms with Crippen LogP contribution < -0.4 is 5.32 Å². The normalized spacial score (nSPS) is 20.2. The van der Waals surface area contributed by atoms with Crippen molar-refractivity contribution in [3.63, 3.8) is 0 Å². The Kier molecular flexibility index (Phi) is 4.22. The number of nitrogens with zero attached hydrogens (tertiary/aromatic N) is 2. The fourth-order valence-corrected chi connectivity index (χ4v) is 3.99. The number of rotatable bonds is 5. The lowest BCUT2D eigenvalue weighted by molar-refractivity contribution is -0.131. The van der Waals surface area contributed by atoms with Gasteiger partial charge in [0.1, 0.15) is 0 Å². The van der Waals surface area contributed by atoms with Crippen LogP contribution in [0.5, 0.6) is 0 Å². The maximum Gasteiger partial charge on any atom is 0.237 e. The zero-order chi connectivity index (χ0) is 17.4. The average molecular weight is 336 g/mol. The van der Waals surface area contributed by atoms with Crippen LogP contribution in [0.2, 0.25) is 0 Å². The molecule has 2 N–H and O–H groups in total. The second-order valence-corrected chi connectivity index (χ2v) is 7.14.